The van der Waals surface area contributed by atoms with Crippen LogP contribution in [0.15, 0.2) is 30.6 Å². The summed E-state index contributed by atoms with van der Waals surface area (Å²) in [6.45, 7) is 0. The molecule has 1 saturated carbocycles. The quantitative estimate of drug-likeness (QED) is 0.909. The first kappa shape index (κ1) is 14.6. The lowest BCUT2D eigenvalue weighted by Crippen LogP contribution is -2.17. The normalized spacial score (nSPS) is 15.6. The number of nitrogens with zero attached hydrogens (tertiary/aromatic N) is 3. The number of hydrogen-bond donors (Lipinski definition) is 2. The van der Waals surface area contributed by atoms with Crippen LogP contribution in [0.25, 0.3) is 0 Å². The van der Waals surface area contributed by atoms with E-state index in [1.54, 1.807) is 30.6 Å². The van der Waals surface area contributed by atoms with Crippen molar-refractivity contribution in [2.75, 3.05) is 5.32 Å². The molecule has 1 aliphatic rings. The molecule has 0 atom stereocenters. The first-order valence-electron chi connectivity index (χ1n) is 7.69. The molecule has 6 heteroatoms. The van der Waals surface area contributed by atoms with Crippen LogP contribution in [0.4, 0.5) is 5.95 Å². The minimum Gasteiger partial charge on any atom is -0.508 e. The highest BCUT2D eigenvalue weighted by molar-refractivity contribution is 5.90. The zero-order chi connectivity index (χ0) is 15.4. The summed E-state index contributed by atoms with van der Waals surface area (Å²) in [7, 11) is 0. The third-order valence-corrected chi connectivity index (χ3v) is 3.98. The molecule has 116 valence electrons. The summed E-state index contributed by atoms with van der Waals surface area (Å²) in [6, 6.07) is 7.07. The molecule has 1 aromatic heterocycles. The molecule has 2 aromatic rings. The second kappa shape index (κ2) is 6.60. The van der Waals surface area contributed by atoms with E-state index < -0.39 is 0 Å². The fourth-order valence-corrected chi connectivity index (χ4v) is 2.87. The Hall–Kier alpha value is -2.37. The molecular weight excluding hydrogens is 280 g/mol. The Morgan fingerprint density at radius 2 is 2.14 bits per heavy atom. The largest absolute Gasteiger partial charge is 0.508 e. The topological polar surface area (TPSA) is 80.0 Å². The number of phenolic OH excluding ortho intramolecular Hbond substituents is 1. The van der Waals surface area contributed by atoms with Crippen molar-refractivity contribution < 1.29 is 9.90 Å². The fourth-order valence-electron chi connectivity index (χ4n) is 2.87. The van der Waals surface area contributed by atoms with Crippen molar-refractivity contribution in [2.24, 2.45) is 0 Å². The van der Waals surface area contributed by atoms with E-state index in [4.69, 9.17) is 0 Å². The van der Waals surface area contributed by atoms with Crippen molar-refractivity contribution >= 4 is 11.9 Å². The number of hydrogen-bond acceptors (Lipinski definition) is 4. The lowest BCUT2D eigenvalue weighted by Gasteiger charge is -2.21. The van der Waals surface area contributed by atoms with Crippen LogP contribution in [-0.2, 0) is 11.2 Å². The Morgan fingerprint density at radius 1 is 1.32 bits per heavy atom. The molecule has 0 aliphatic heterocycles. The van der Waals surface area contributed by atoms with Gasteiger partial charge in [0.2, 0.25) is 11.9 Å². The Bertz CT molecular complexity index is 647. The van der Waals surface area contributed by atoms with E-state index in [9.17, 15) is 9.90 Å². The Kier molecular flexibility index (Phi) is 4.37. The summed E-state index contributed by atoms with van der Waals surface area (Å²) < 4.78 is 1.86. The van der Waals surface area contributed by atoms with Crippen LogP contribution in [0.5, 0.6) is 5.75 Å². The van der Waals surface area contributed by atoms with Gasteiger partial charge >= 0.3 is 0 Å². The predicted octanol–water partition coefficient (Wildman–Crippen LogP) is 2.67. The van der Waals surface area contributed by atoms with E-state index in [1.165, 1.54) is 19.3 Å². The van der Waals surface area contributed by atoms with E-state index in [1.807, 2.05) is 4.68 Å². The van der Waals surface area contributed by atoms with Crippen molar-refractivity contribution in [1.29, 1.82) is 0 Å². The molecule has 3 rings (SSSR count). The average Bonchev–Trinajstić information content (AvgIpc) is 2.96. The number of benzene rings is 1. The standard InChI is InChI=1S/C16H20N4O2/c21-14-8-4-5-12(9-14)10-15(22)18-16-17-11-20(19-16)13-6-2-1-3-7-13/h4-5,8-9,11,13,21H,1-3,6-7,10H2,(H,18,19,22). The zero-order valence-electron chi connectivity index (χ0n) is 12.4. The summed E-state index contributed by atoms with van der Waals surface area (Å²) in [5, 5.41) is 16.5. The Balaban J connectivity index is 1.58. The third kappa shape index (κ3) is 3.63. The number of amides is 1. The molecular formula is C16H20N4O2. The molecule has 1 aliphatic carbocycles. The summed E-state index contributed by atoms with van der Waals surface area (Å²) in [5.41, 5.74) is 0.754. The first-order chi connectivity index (χ1) is 10.7. The molecule has 1 heterocycles. The van der Waals surface area contributed by atoms with Gasteiger partial charge in [-0.3, -0.25) is 10.1 Å². The third-order valence-electron chi connectivity index (χ3n) is 3.98. The van der Waals surface area contributed by atoms with E-state index >= 15 is 0 Å². The number of carbonyl (C=O) groups is 1. The van der Waals surface area contributed by atoms with Crippen LogP contribution in [-0.4, -0.2) is 25.8 Å². The van der Waals surface area contributed by atoms with Crippen molar-refractivity contribution in [3.05, 3.63) is 36.2 Å². The van der Waals surface area contributed by atoms with Crippen molar-refractivity contribution in [2.45, 2.75) is 44.6 Å². The second-order valence-corrected chi connectivity index (χ2v) is 5.73. The van der Waals surface area contributed by atoms with E-state index in [0.717, 1.165) is 18.4 Å². The molecule has 22 heavy (non-hydrogen) atoms. The van der Waals surface area contributed by atoms with Gasteiger partial charge in [-0.25, -0.2) is 9.67 Å². The minimum atomic E-state index is -0.188. The van der Waals surface area contributed by atoms with Gasteiger partial charge in [0.1, 0.15) is 12.1 Å². The summed E-state index contributed by atoms with van der Waals surface area (Å²) >= 11 is 0. The maximum absolute atomic E-state index is 12.0. The molecule has 1 fully saturated rings. The molecule has 1 aromatic carbocycles. The molecule has 0 spiro atoms. The fraction of sp³-hybridized carbons (Fsp3) is 0.438. The zero-order valence-corrected chi connectivity index (χ0v) is 12.4. The van der Waals surface area contributed by atoms with Crippen LogP contribution in [0.2, 0.25) is 0 Å². The molecule has 6 nitrogen and oxygen atoms in total. The summed E-state index contributed by atoms with van der Waals surface area (Å²) in [6.07, 6.45) is 7.87. The number of nitrogens with one attached hydrogen (secondary N) is 1. The molecule has 2 N–H and O–H groups in total. The van der Waals surface area contributed by atoms with Crippen molar-refractivity contribution in [1.82, 2.24) is 14.8 Å². The maximum atomic E-state index is 12.0. The van der Waals surface area contributed by atoms with Gasteiger partial charge < -0.3 is 5.11 Å². The highest BCUT2D eigenvalue weighted by Crippen LogP contribution is 2.27. The summed E-state index contributed by atoms with van der Waals surface area (Å²) in [4.78, 5) is 16.2. The number of carbonyl (C=O) groups excluding carboxylic acids is 1. The van der Waals surface area contributed by atoms with Crippen LogP contribution in [0.3, 0.4) is 0 Å². The number of anilines is 1. The molecule has 0 unspecified atom stereocenters. The first-order valence-corrected chi connectivity index (χ1v) is 7.69. The van der Waals surface area contributed by atoms with Gasteiger partial charge in [-0.1, -0.05) is 31.4 Å². The number of aromatic nitrogens is 3. The number of aromatic hydroxyl groups is 1. The van der Waals surface area contributed by atoms with Gasteiger partial charge in [-0.15, -0.1) is 5.10 Å². The van der Waals surface area contributed by atoms with Crippen LogP contribution >= 0.6 is 0 Å². The molecule has 0 radical (unpaired) electrons. The van der Waals surface area contributed by atoms with E-state index in [2.05, 4.69) is 15.4 Å². The van der Waals surface area contributed by atoms with Gasteiger partial charge in [0, 0.05) is 0 Å². The highest BCUT2D eigenvalue weighted by atomic mass is 16.3. The van der Waals surface area contributed by atoms with Gasteiger partial charge in [0.25, 0.3) is 0 Å². The smallest absolute Gasteiger partial charge is 0.248 e. The van der Waals surface area contributed by atoms with Crippen molar-refractivity contribution in [3.63, 3.8) is 0 Å². The summed E-state index contributed by atoms with van der Waals surface area (Å²) in [5.74, 6) is 0.313. The van der Waals surface area contributed by atoms with Crippen LogP contribution < -0.4 is 5.32 Å². The minimum absolute atomic E-state index is 0.157. The monoisotopic (exact) mass is 300 g/mol. The van der Waals surface area contributed by atoms with Crippen LogP contribution in [0.1, 0.15) is 43.7 Å². The average molecular weight is 300 g/mol. The Labute approximate surface area is 129 Å². The number of phenols is 1. The molecule has 0 bridgehead atoms. The molecule has 0 saturated heterocycles. The van der Waals surface area contributed by atoms with E-state index in [-0.39, 0.29) is 18.1 Å². The lowest BCUT2D eigenvalue weighted by atomic mass is 9.96. The van der Waals surface area contributed by atoms with Gasteiger partial charge in [0.15, 0.2) is 0 Å². The van der Waals surface area contributed by atoms with Gasteiger partial charge in [0.05, 0.1) is 12.5 Å². The van der Waals surface area contributed by atoms with Crippen LogP contribution in [0, 0.1) is 0 Å². The highest BCUT2D eigenvalue weighted by Gasteiger charge is 2.17. The SMILES string of the molecule is O=C(Cc1cccc(O)c1)Nc1ncn(C2CCCCC2)n1. The van der Waals surface area contributed by atoms with Gasteiger partial charge in [-0.2, -0.15) is 0 Å². The molecule has 1 amide bonds. The Morgan fingerprint density at radius 3 is 2.91 bits per heavy atom. The van der Waals surface area contributed by atoms with E-state index in [0.29, 0.717) is 12.0 Å². The van der Waals surface area contributed by atoms with Gasteiger partial charge in [-0.05, 0) is 30.5 Å². The maximum Gasteiger partial charge on any atom is 0.248 e. The van der Waals surface area contributed by atoms with Crippen molar-refractivity contribution in [3.8, 4) is 5.75 Å². The predicted molar refractivity (Wildman–Crippen MR) is 82.6 cm³/mol. The number of rotatable bonds is 4. The lowest BCUT2D eigenvalue weighted by molar-refractivity contribution is -0.115. The second-order valence-electron chi connectivity index (χ2n) is 5.73.